The molecule has 0 spiro atoms. The van der Waals surface area contributed by atoms with Gasteiger partial charge < -0.3 is 0 Å². The molecule has 0 atom stereocenters. The van der Waals surface area contributed by atoms with Crippen LogP contribution in [0.25, 0.3) is 10.8 Å². The first-order chi connectivity index (χ1) is 10.2. The van der Waals surface area contributed by atoms with E-state index in [1.165, 1.54) is 10.8 Å². The van der Waals surface area contributed by atoms with E-state index in [0.29, 0.717) is 0 Å². The molecule has 0 aliphatic carbocycles. The first-order valence-corrected chi connectivity index (χ1v) is 10.6. The molecule has 1 aliphatic heterocycles. The Hall–Kier alpha value is -1.73. The van der Waals surface area contributed by atoms with Gasteiger partial charge in [0.05, 0.1) is 0 Å². The summed E-state index contributed by atoms with van der Waals surface area (Å²) in [5.41, 5.74) is 2.20. The number of rotatable bonds is 2. The molecule has 0 fully saturated rings. The van der Waals surface area contributed by atoms with Crippen molar-refractivity contribution in [3.8, 4) is 5.75 Å². The van der Waals surface area contributed by atoms with E-state index in [0.717, 1.165) is 17.1 Å². The molecule has 0 radical (unpaired) electrons. The molecule has 2 N–H and O–H groups in total. The Labute approximate surface area is 130 Å². The second-order valence-electron chi connectivity index (χ2n) is 4.89. The van der Waals surface area contributed by atoms with E-state index in [1.54, 1.807) is 0 Å². The van der Waals surface area contributed by atoms with Crippen molar-refractivity contribution < 1.29 is 4.52 Å². The topological polar surface area (TPSA) is 33.3 Å². The van der Waals surface area contributed by atoms with Gasteiger partial charge in [0.1, 0.15) is 0 Å². The van der Waals surface area contributed by atoms with Crippen molar-refractivity contribution in [2.45, 2.75) is 0 Å². The number of benzene rings is 3. The van der Waals surface area contributed by atoms with E-state index in [9.17, 15) is 0 Å². The van der Waals surface area contributed by atoms with Crippen LogP contribution in [0, 0.1) is 0 Å². The fourth-order valence-electron chi connectivity index (χ4n) is 2.55. The van der Waals surface area contributed by atoms with Crippen LogP contribution in [0.15, 0.2) is 66.7 Å². The van der Waals surface area contributed by atoms with Crippen LogP contribution in [0.1, 0.15) is 0 Å². The van der Waals surface area contributed by atoms with Crippen molar-refractivity contribution in [3.05, 3.63) is 66.7 Å². The van der Waals surface area contributed by atoms with E-state index >= 15 is 0 Å². The maximum atomic E-state index is 6.16. The second kappa shape index (κ2) is 4.92. The first-order valence-electron chi connectivity index (χ1n) is 6.67. The third-order valence-corrected chi connectivity index (χ3v) is 6.57. The predicted molar refractivity (Wildman–Crippen MR) is 90.9 cm³/mol. The summed E-state index contributed by atoms with van der Waals surface area (Å²) in [6.07, 6.45) is 0. The predicted octanol–water partition coefficient (Wildman–Crippen LogP) is 4.60. The fraction of sp³-hybridized carbons (Fsp3) is 0. The number of nitrogens with one attached hydrogen (secondary N) is 2. The molecule has 104 valence electrons. The summed E-state index contributed by atoms with van der Waals surface area (Å²) in [7, 11) is 0. The van der Waals surface area contributed by atoms with Crippen molar-refractivity contribution in [3.63, 3.8) is 0 Å². The molecular weight excluding hydrogens is 346 g/mol. The summed E-state index contributed by atoms with van der Waals surface area (Å²) in [6, 6.07) is 20.3. The zero-order valence-corrected chi connectivity index (χ0v) is 13.7. The monoisotopic (exact) mass is 360 g/mol. The third-order valence-electron chi connectivity index (χ3n) is 3.42. The zero-order chi connectivity index (χ0) is 14.3. The summed E-state index contributed by atoms with van der Waals surface area (Å²) in [5.74, 6) is 0.844. The van der Waals surface area contributed by atoms with Gasteiger partial charge in [-0.25, -0.2) is 0 Å². The van der Waals surface area contributed by atoms with Crippen molar-refractivity contribution in [2.24, 2.45) is 0 Å². The number of para-hydroxylation sites is 1. The molecule has 0 unspecified atom stereocenters. The molecule has 3 nitrogen and oxygen atoms in total. The van der Waals surface area contributed by atoms with E-state index in [1.807, 2.05) is 30.3 Å². The van der Waals surface area contributed by atoms with Gasteiger partial charge in [-0.15, -0.1) is 0 Å². The molecule has 3 aromatic carbocycles. The van der Waals surface area contributed by atoms with Crippen molar-refractivity contribution >= 4 is 43.3 Å². The summed E-state index contributed by atoms with van der Waals surface area (Å²) >= 11 is 3.19. The Kier molecular flexibility index (Phi) is 3.04. The maximum absolute atomic E-state index is 6.16. The van der Waals surface area contributed by atoms with Crippen LogP contribution in [0.5, 0.6) is 5.75 Å². The van der Waals surface area contributed by atoms with Crippen LogP contribution in [-0.4, -0.2) is 15.1 Å². The minimum atomic E-state index is -2.10. The van der Waals surface area contributed by atoms with Crippen LogP contribution in [0.4, 0.5) is 11.4 Å². The van der Waals surface area contributed by atoms with Crippen molar-refractivity contribution in [1.82, 2.24) is 0 Å². The SMILES string of the molecule is [Se]=P1(Oc2ccccc2)Nc2cccc3cccc(c23)N1. The Morgan fingerprint density at radius 1 is 0.762 bits per heavy atom. The molecule has 1 heterocycles. The average Bonchev–Trinajstić information content (AvgIpc) is 2.48. The van der Waals surface area contributed by atoms with Crippen molar-refractivity contribution in [1.29, 1.82) is 0 Å². The molecule has 0 aromatic heterocycles. The zero-order valence-electron chi connectivity index (χ0n) is 11.1. The van der Waals surface area contributed by atoms with Gasteiger partial charge in [0.15, 0.2) is 0 Å². The standard InChI is InChI=1S/C16H13N2OPSe/c21-20(19-13-8-2-1-3-9-13)17-14-10-4-6-12-7-5-11-15(18-20)16(12)14/h1-11H,(H2,17,18,21). The summed E-state index contributed by atoms with van der Waals surface area (Å²) in [6.45, 7) is 0. The molecule has 0 saturated carbocycles. The van der Waals surface area contributed by atoms with Gasteiger partial charge in [-0.1, -0.05) is 0 Å². The molecule has 0 bridgehead atoms. The molecule has 0 saturated heterocycles. The number of hydrogen-bond donors (Lipinski definition) is 2. The van der Waals surface area contributed by atoms with E-state index < -0.39 is 6.04 Å². The van der Waals surface area contributed by atoms with Gasteiger partial charge >= 0.3 is 130 Å². The molecule has 0 amide bonds. The summed E-state index contributed by atoms with van der Waals surface area (Å²) in [4.78, 5) is 0. The summed E-state index contributed by atoms with van der Waals surface area (Å²) < 4.78 is 6.16. The Morgan fingerprint density at radius 3 is 2.00 bits per heavy atom. The van der Waals surface area contributed by atoms with Gasteiger partial charge in [-0.05, 0) is 0 Å². The summed E-state index contributed by atoms with van der Waals surface area (Å²) in [5, 5.41) is 9.45. The van der Waals surface area contributed by atoms with Gasteiger partial charge in [-0.3, -0.25) is 0 Å². The first kappa shape index (κ1) is 13.0. The average molecular weight is 359 g/mol. The Bertz CT molecular complexity index is 822. The quantitative estimate of drug-likeness (QED) is 0.518. The van der Waals surface area contributed by atoms with Gasteiger partial charge in [0.25, 0.3) is 0 Å². The van der Waals surface area contributed by atoms with Gasteiger partial charge in [0, 0.05) is 0 Å². The van der Waals surface area contributed by atoms with E-state index in [2.05, 4.69) is 61.7 Å². The van der Waals surface area contributed by atoms with Crippen LogP contribution < -0.4 is 14.7 Å². The van der Waals surface area contributed by atoms with Crippen LogP contribution in [0.3, 0.4) is 0 Å². The van der Waals surface area contributed by atoms with E-state index in [4.69, 9.17) is 4.52 Å². The Morgan fingerprint density at radius 2 is 1.38 bits per heavy atom. The second-order valence-corrected chi connectivity index (χ2v) is 9.86. The normalized spacial score (nSPS) is 15.0. The van der Waals surface area contributed by atoms with E-state index in [-0.39, 0.29) is 0 Å². The minimum absolute atomic E-state index is 0.844. The number of anilines is 2. The molecule has 3 aromatic rings. The third kappa shape index (κ3) is 2.36. The van der Waals surface area contributed by atoms with Crippen LogP contribution >= 0.6 is 6.04 Å². The molecule has 1 aliphatic rings. The van der Waals surface area contributed by atoms with Crippen molar-refractivity contribution in [2.75, 3.05) is 10.2 Å². The van der Waals surface area contributed by atoms with Crippen LogP contribution in [-0.2, 0) is 0 Å². The molecular formula is C16H13N2OPSe. The molecule has 21 heavy (non-hydrogen) atoms. The van der Waals surface area contributed by atoms with Crippen LogP contribution in [0.2, 0.25) is 0 Å². The molecule has 5 heteroatoms. The Balaban J connectivity index is 1.78. The van der Waals surface area contributed by atoms with Gasteiger partial charge in [-0.2, -0.15) is 0 Å². The molecule has 4 rings (SSSR count). The fourth-order valence-corrected chi connectivity index (χ4v) is 5.90. The number of hydrogen-bond acceptors (Lipinski definition) is 3. The van der Waals surface area contributed by atoms with Gasteiger partial charge in [0.2, 0.25) is 0 Å².